The maximum atomic E-state index is 12.8. The monoisotopic (exact) mass is 346 g/mol. The predicted octanol–water partition coefficient (Wildman–Crippen LogP) is 2.20. The number of ether oxygens (including phenoxy) is 1. The van der Waals surface area contributed by atoms with Gasteiger partial charge in [0.25, 0.3) is 5.56 Å². The number of rotatable bonds is 8. The molecule has 0 aliphatic carbocycles. The molecule has 1 unspecified atom stereocenters. The summed E-state index contributed by atoms with van der Waals surface area (Å²) >= 11 is 0. The van der Waals surface area contributed by atoms with Gasteiger partial charge in [-0.2, -0.15) is 0 Å². The van der Waals surface area contributed by atoms with Gasteiger partial charge in [0.15, 0.2) is 0 Å². The lowest BCUT2D eigenvalue weighted by Crippen LogP contribution is -2.40. The second-order valence-electron chi connectivity index (χ2n) is 5.91. The number of methoxy groups -OCH3 is 1. The largest absolute Gasteiger partial charge is 0.383 e. The molecule has 136 valence electrons. The van der Waals surface area contributed by atoms with Crippen LogP contribution in [0.15, 0.2) is 29.1 Å². The van der Waals surface area contributed by atoms with Crippen molar-refractivity contribution in [2.24, 2.45) is 0 Å². The Balaban J connectivity index is 2.30. The van der Waals surface area contributed by atoms with E-state index in [-0.39, 0.29) is 11.6 Å². The number of para-hydroxylation sites is 1. The van der Waals surface area contributed by atoms with E-state index in [1.165, 1.54) is 0 Å². The number of hydrogen-bond donors (Lipinski definition) is 2. The van der Waals surface area contributed by atoms with Crippen molar-refractivity contribution in [2.75, 3.05) is 20.3 Å². The number of nitrogens with one attached hydrogen (secondary N) is 2. The number of nitrogens with zero attached hydrogens (tertiary/aromatic N) is 2. The third-order valence-electron chi connectivity index (χ3n) is 3.96. The quantitative estimate of drug-likeness (QED) is 0.718. The summed E-state index contributed by atoms with van der Waals surface area (Å²) in [6.45, 7) is 5.28. The molecule has 7 heteroatoms. The molecule has 1 heterocycles. The fourth-order valence-electron chi connectivity index (χ4n) is 2.61. The van der Waals surface area contributed by atoms with Crippen LogP contribution in [-0.4, -0.2) is 35.8 Å². The molecule has 2 N–H and O–H groups in total. The summed E-state index contributed by atoms with van der Waals surface area (Å²) in [5.74, 6) is 0.520. The van der Waals surface area contributed by atoms with Crippen molar-refractivity contribution in [3.63, 3.8) is 0 Å². The van der Waals surface area contributed by atoms with Crippen molar-refractivity contribution in [1.82, 2.24) is 20.2 Å². The summed E-state index contributed by atoms with van der Waals surface area (Å²) < 4.78 is 6.68. The highest BCUT2D eigenvalue weighted by atomic mass is 16.5. The molecule has 1 aromatic heterocycles. The minimum Gasteiger partial charge on any atom is -0.383 e. The van der Waals surface area contributed by atoms with Crippen LogP contribution in [0.25, 0.3) is 10.9 Å². The number of hydrogen-bond acceptors (Lipinski definition) is 4. The Kier molecular flexibility index (Phi) is 6.94. The van der Waals surface area contributed by atoms with Crippen LogP contribution in [0.5, 0.6) is 0 Å². The molecule has 7 nitrogen and oxygen atoms in total. The van der Waals surface area contributed by atoms with E-state index < -0.39 is 6.04 Å². The minimum absolute atomic E-state index is 0.127. The average molecular weight is 346 g/mol. The van der Waals surface area contributed by atoms with E-state index >= 15 is 0 Å². The van der Waals surface area contributed by atoms with Gasteiger partial charge in [0, 0.05) is 13.7 Å². The summed E-state index contributed by atoms with van der Waals surface area (Å²) in [6.07, 6.45) is 1.94. The number of amides is 2. The maximum absolute atomic E-state index is 12.8. The maximum Gasteiger partial charge on any atom is 0.315 e. The Bertz CT molecular complexity index is 772. The molecule has 0 fully saturated rings. The van der Waals surface area contributed by atoms with E-state index in [9.17, 15) is 9.59 Å². The van der Waals surface area contributed by atoms with Crippen molar-refractivity contribution in [1.29, 1.82) is 0 Å². The minimum atomic E-state index is -0.407. The third-order valence-corrected chi connectivity index (χ3v) is 3.96. The fraction of sp³-hybridized carbons (Fsp3) is 0.500. The first kappa shape index (κ1) is 18.9. The van der Waals surface area contributed by atoms with E-state index in [1.807, 2.05) is 19.1 Å². The van der Waals surface area contributed by atoms with Gasteiger partial charge >= 0.3 is 6.03 Å². The molecular formula is C18H26N4O3. The number of aromatic nitrogens is 2. The van der Waals surface area contributed by atoms with Crippen LogP contribution >= 0.6 is 0 Å². The Morgan fingerprint density at radius 3 is 2.84 bits per heavy atom. The molecule has 0 saturated heterocycles. The number of carbonyl (C=O) groups is 1. The Morgan fingerprint density at radius 2 is 2.12 bits per heavy atom. The standard InChI is InChI=1S/C18H26N4O3/c1-4-5-10-19-18(24)20-13(2)16-21-15-9-7-6-8-14(15)17(23)22(16)11-12-25-3/h6-9,13H,4-5,10-12H2,1-3H3,(H2,19,20,24). The first-order valence-electron chi connectivity index (χ1n) is 8.61. The van der Waals surface area contributed by atoms with Crippen molar-refractivity contribution < 1.29 is 9.53 Å². The smallest absolute Gasteiger partial charge is 0.315 e. The molecule has 1 aromatic carbocycles. The van der Waals surface area contributed by atoms with Crippen molar-refractivity contribution in [3.8, 4) is 0 Å². The van der Waals surface area contributed by atoms with Gasteiger partial charge in [0.1, 0.15) is 5.82 Å². The number of carbonyl (C=O) groups excluding carboxylic acids is 1. The third kappa shape index (κ3) is 4.79. The topological polar surface area (TPSA) is 85.3 Å². The Hall–Kier alpha value is -2.41. The second-order valence-corrected chi connectivity index (χ2v) is 5.91. The molecular weight excluding hydrogens is 320 g/mol. The molecule has 2 rings (SSSR count). The van der Waals surface area contributed by atoms with Gasteiger partial charge in [0.2, 0.25) is 0 Å². The first-order valence-corrected chi connectivity index (χ1v) is 8.61. The Morgan fingerprint density at radius 1 is 1.36 bits per heavy atom. The zero-order valence-corrected chi connectivity index (χ0v) is 15.0. The van der Waals surface area contributed by atoms with E-state index in [2.05, 4.69) is 22.5 Å². The van der Waals surface area contributed by atoms with Crippen molar-refractivity contribution in [2.45, 2.75) is 39.3 Å². The average Bonchev–Trinajstić information content (AvgIpc) is 2.61. The molecule has 0 aliphatic rings. The first-order chi connectivity index (χ1) is 12.1. The van der Waals surface area contributed by atoms with Gasteiger partial charge in [-0.05, 0) is 25.5 Å². The number of unbranched alkanes of at least 4 members (excludes halogenated alkanes) is 1. The lowest BCUT2D eigenvalue weighted by molar-refractivity contribution is 0.184. The van der Waals surface area contributed by atoms with Gasteiger partial charge < -0.3 is 15.4 Å². The molecule has 1 atom stereocenters. The SMILES string of the molecule is CCCCNC(=O)NC(C)c1nc2ccccc2c(=O)n1CCOC. The summed E-state index contributed by atoms with van der Waals surface area (Å²) in [5, 5.41) is 6.22. The zero-order chi connectivity index (χ0) is 18.2. The van der Waals surface area contributed by atoms with Crippen LogP contribution in [-0.2, 0) is 11.3 Å². The molecule has 0 bridgehead atoms. The van der Waals surface area contributed by atoms with Crippen LogP contribution in [0.4, 0.5) is 4.79 Å². The highest BCUT2D eigenvalue weighted by Gasteiger charge is 2.18. The van der Waals surface area contributed by atoms with Crippen LogP contribution in [0, 0.1) is 0 Å². The fourth-order valence-corrected chi connectivity index (χ4v) is 2.61. The van der Waals surface area contributed by atoms with Crippen LogP contribution in [0.1, 0.15) is 38.6 Å². The number of fused-ring (bicyclic) bond motifs is 1. The normalized spacial score (nSPS) is 12.1. The molecule has 25 heavy (non-hydrogen) atoms. The summed E-state index contributed by atoms with van der Waals surface area (Å²) in [6, 6.07) is 6.54. The van der Waals surface area contributed by atoms with E-state index in [1.54, 1.807) is 23.8 Å². The zero-order valence-electron chi connectivity index (χ0n) is 15.0. The molecule has 0 radical (unpaired) electrons. The van der Waals surface area contributed by atoms with Crippen LogP contribution < -0.4 is 16.2 Å². The van der Waals surface area contributed by atoms with Gasteiger partial charge in [-0.15, -0.1) is 0 Å². The van der Waals surface area contributed by atoms with Gasteiger partial charge in [0.05, 0.1) is 30.1 Å². The molecule has 0 spiro atoms. The highest BCUT2D eigenvalue weighted by Crippen LogP contribution is 2.13. The highest BCUT2D eigenvalue weighted by molar-refractivity contribution is 5.77. The van der Waals surface area contributed by atoms with Gasteiger partial charge in [-0.1, -0.05) is 25.5 Å². The van der Waals surface area contributed by atoms with Crippen LogP contribution in [0.3, 0.4) is 0 Å². The second kappa shape index (κ2) is 9.17. The van der Waals surface area contributed by atoms with Gasteiger partial charge in [-0.3, -0.25) is 9.36 Å². The van der Waals surface area contributed by atoms with Gasteiger partial charge in [-0.25, -0.2) is 9.78 Å². The van der Waals surface area contributed by atoms with Crippen LogP contribution in [0.2, 0.25) is 0 Å². The summed E-state index contributed by atoms with van der Waals surface area (Å²) in [7, 11) is 1.59. The lowest BCUT2D eigenvalue weighted by atomic mass is 10.2. The molecule has 0 aliphatic heterocycles. The summed E-state index contributed by atoms with van der Waals surface area (Å²) in [4.78, 5) is 29.4. The lowest BCUT2D eigenvalue weighted by Gasteiger charge is -2.19. The molecule has 2 amide bonds. The van der Waals surface area contributed by atoms with E-state index in [0.717, 1.165) is 12.8 Å². The van der Waals surface area contributed by atoms with Crippen molar-refractivity contribution in [3.05, 3.63) is 40.4 Å². The summed E-state index contributed by atoms with van der Waals surface area (Å²) in [5.41, 5.74) is 0.494. The van der Waals surface area contributed by atoms with E-state index in [0.29, 0.717) is 36.4 Å². The van der Waals surface area contributed by atoms with Crippen molar-refractivity contribution >= 4 is 16.9 Å². The molecule has 2 aromatic rings. The van der Waals surface area contributed by atoms with E-state index in [4.69, 9.17) is 4.74 Å². The number of benzene rings is 1. The molecule has 0 saturated carbocycles. The Labute approximate surface area is 147 Å². The predicted molar refractivity (Wildman–Crippen MR) is 97.7 cm³/mol. The number of urea groups is 1.